The van der Waals surface area contributed by atoms with E-state index in [9.17, 15) is 9.18 Å². The largest absolute Gasteiger partial charge is 0.349 e. The number of piperidine rings is 1. The Bertz CT molecular complexity index is 482. The maximum atomic E-state index is 13.3. The van der Waals surface area contributed by atoms with Crippen molar-refractivity contribution in [2.24, 2.45) is 0 Å². The van der Waals surface area contributed by atoms with Crippen LogP contribution in [0.25, 0.3) is 0 Å². The van der Waals surface area contributed by atoms with Gasteiger partial charge in [0, 0.05) is 28.2 Å². The number of fused-ring (bicyclic) bond motifs is 2. The van der Waals surface area contributed by atoms with Crippen molar-refractivity contribution in [3.63, 3.8) is 0 Å². The minimum Gasteiger partial charge on any atom is -0.349 e. The van der Waals surface area contributed by atoms with E-state index in [0.717, 1.165) is 12.8 Å². The lowest BCUT2D eigenvalue weighted by atomic mass is 9.99. The van der Waals surface area contributed by atoms with Crippen LogP contribution in [0, 0.1) is 5.82 Å². The second-order valence-electron chi connectivity index (χ2n) is 5.44. The normalized spacial score (nSPS) is 27.8. The number of carbonyl (C=O) groups is 1. The van der Waals surface area contributed by atoms with Crippen LogP contribution >= 0.6 is 28.3 Å². The maximum Gasteiger partial charge on any atom is 0.251 e. The molecule has 2 atom stereocenters. The average Bonchev–Trinajstić information content (AvgIpc) is 2.67. The minimum atomic E-state index is -0.398. The summed E-state index contributed by atoms with van der Waals surface area (Å²) >= 11 is 3.21. The van der Waals surface area contributed by atoms with Gasteiger partial charge >= 0.3 is 0 Å². The summed E-state index contributed by atoms with van der Waals surface area (Å²) in [6.45, 7) is 0. The minimum absolute atomic E-state index is 0. The van der Waals surface area contributed by atoms with E-state index < -0.39 is 5.82 Å². The second-order valence-corrected chi connectivity index (χ2v) is 6.35. The molecule has 2 fully saturated rings. The number of carbonyl (C=O) groups excluding carboxylic acids is 1. The van der Waals surface area contributed by atoms with E-state index in [1.54, 1.807) is 6.07 Å². The summed E-state index contributed by atoms with van der Waals surface area (Å²) in [4.78, 5) is 12.1. The summed E-state index contributed by atoms with van der Waals surface area (Å²) in [7, 11) is 0. The number of hydrogen-bond donors (Lipinski definition) is 2. The fourth-order valence-electron chi connectivity index (χ4n) is 3.13. The van der Waals surface area contributed by atoms with Crippen molar-refractivity contribution < 1.29 is 9.18 Å². The highest BCUT2D eigenvalue weighted by atomic mass is 79.9. The highest BCUT2D eigenvalue weighted by Gasteiger charge is 2.34. The molecule has 3 rings (SSSR count). The molecule has 6 heteroatoms. The van der Waals surface area contributed by atoms with Gasteiger partial charge in [0.2, 0.25) is 0 Å². The zero-order chi connectivity index (χ0) is 13.4. The predicted octanol–water partition coefficient (Wildman–Crippen LogP) is 3.02. The first kappa shape index (κ1) is 15.7. The van der Waals surface area contributed by atoms with E-state index in [1.165, 1.54) is 25.0 Å². The molecular weight excluding hydrogens is 347 g/mol. The van der Waals surface area contributed by atoms with E-state index in [1.807, 2.05) is 0 Å². The van der Waals surface area contributed by atoms with Crippen molar-refractivity contribution in [2.75, 3.05) is 0 Å². The Balaban J connectivity index is 0.00000147. The fraction of sp³-hybridized carbons (Fsp3) is 0.500. The first-order valence-corrected chi connectivity index (χ1v) is 7.42. The van der Waals surface area contributed by atoms with Gasteiger partial charge in [-0.05, 0) is 43.9 Å². The first-order chi connectivity index (χ1) is 9.10. The molecular formula is C14H17BrClFN2O. The molecule has 0 aliphatic carbocycles. The Kier molecular flexibility index (Phi) is 5.04. The maximum absolute atomic E-state index is 13.3. The van der Waals surface area contributed by atoms with Crippen LogP contribution in [0.1, 0.15) is 36.0 Å². The summed E-state index contributed by atoms with van der Waals surface area (Å²) in [5.41, 5.74) is 0.373. The van der Waals surface area contributed by atoms with Crippen LogP contribution in [0.5, 0.6) is 0 Å². The predicted molar refractivity (Wildman–Crippen MR) is 81.8 cm³/mol. The van der Waals surface area contributed by atoms with Gasteiger partial charge in [-0.25, -0.2) is 4.39 Å². The van der Waals surface area contributed by atoms with Gasteiger partial charge in [0.1, 0.15) is 5.82 Å². The van der Waals surface area contributed by atoms with Gasteiger partial charge in [0.25, 0.3) is 5.91 Å². The fourth-order valence-corrected chi connectivity index (χ4v) is 3.59. The molecule has 2 heterocycles. The first-order valence-electron chi connectivity index (χ1n) is 6.63. The van der Waals surface area contributed by atoms with E-state index in [0.29, 0.717) is 22.1 Å². The number of hydrogen-bond acceptors (Lipinski definition) is 2. The molecule has 3 nitrogen and oxygen atoms in total. The molecule has 2 bridgehead atoms. The number of amides is 1. The number of rotatable bonds is 2. The zero-order valence-corrected chi connectivity index (χ0v) is 13.3. The summed E-state index contributed by atoms with van der Waals surface area (Å²) in [5.74, 6) is -0.587. The highest BCUT2D eigenvalue weighted by molar-refractivity contribution is 9.10. The molecule has 2 N–H and O–H groups in total. The molecule has 1 amide bonds. The zero-order valence-electron chi connectivity index (χ0n) is 10.9. The highest BCUT2D eigenvalue weighted by Crippen LogP contribution is 2.27. The number of halogens is 3. The molecule has 2 saturated heterocycles. The summed E-state index contributed by atoms with van der Waals surface area (Å²) in [5, 5.41) is 6.56. The lowest BCUT2D eigenvalue weighted by Gasteiger charge is -2.29. The van der Waals surface area contributed by atoms with E-state index >= 15 is 0 Å². The molecule has 1 aromatic rings. The van der Waals surface area contributed by atoms with Crippen molar-refractivity contribution >= 4 is 34.2 Å². The monoisotopic (exact) mass is 362 g/mol. The smallest absolute Gasteiger partial charge is 0.251 e. The SMILES string of the molecule is Cl.O=C(NC1CC2CCC(C1)N2)c1cc(F)cc(Br)c1. The van der Waals surface area contributed by atoms with Crippen LogP contribution in [-0.4, -0.2) is 24.0 Å². The van der Waals surface area contributed by atoms with E-state index in [4.69, 9.17) is 0 Å². The van der Waals surface area contributed by atoms with E-state index in [2.05, 4.69) is 26.6 Å². The molecule has 0 radical (unpaired) electrons. The summed E-state index contributed by atoms with van der Waals surface area (Å²) < 4.78 is 13.9. The Morgan fingerprint density at radius 2 is 1.90 bits per heavy atom. The van der Waals surface area contributed by atoms with Crippen LogP contribution in [0.2, 0.25) is 0 Å². The van der Waals surface area contributed by atoms with Crippen LogP contribution in [0.4, 0.5) is 4.39 Å². The number of benzene rings is 1. The third kappa shape index (κ3) is 3.51. The van der Waals surface area contributed by atoms with Gasteiger partial charge in [0.05, 0.1) is 0 Å². The summed E-state index contributed by atoms with van der Waals surface area (Å²) in [6.07, 6.45) is 4.34. The van der Waals surface area contributed by atoms with Gasteiger partial charge in [-0.3, -0.25) is 4.79 Å². The Hall–Kier alpha value is -0.650. The topological polar surface area (TPSA) is 41.1 Å². The van der Waals surface area contributed by atoms with Crippen LogP contribution < -0.4 is 10.6 Å². The molecule has 2 aliphatic heterocycles. The van der Waals surface area contributed by atoms with Gasteiger partial charge in [0.15, 0.2) is 0 Å². The quantitative estimate of drug-likeness (QED) is 0.848. The van der Waals surface area contributed by atoms with Crippen molar-refractivity contribution in [1.82, 2.24) is 10.6 Å². The Labute approximate surface area is 132 Å². The Morgan fingerprint density at radius 3 is 2.50 bits per heavy atom. The molecule has 0 aromatic heterocycles. The Morgan fingerprint density at radius 1 is 1.25 bits per heavy atom. The summed E-state index contributed by atoms with van der Waals surface area (Å²) in [6, 6.07) is 5.53. The molecule has 110 valence electrons. The molecule has 0 saturated carbocycles. The van der Waals surface area contributed by atoms with Gasteiger partial charge in [-0.1, -0.05) is 15.9 Å². The average molecular weight is 364 g/mol. The van der Waals surface area contributed by atoms with Crippen molar-refractivity contribution in [3.05, 3.63) is 34.1 Å². The molecule has 2 aliphatic rings. The second kappa shape index (κ2) is 6.41. The third-order valence-corrected chi connectivity index (χ3v) is 4.39. The van der Waals surface area contributed by atoms with Crippen molar-refractivity contribution in [3.8, 4) is 0 Å². The van der Waals surface area contributed by atoms with Crippen LogP contribution in [0.3, 0.4) is 0 Å². The van der Waals surface area contributed by atoms with Crippen LogP contribution in [0.15, 0.2) is 22.7 Å². The molecule has 20 heavy (non-hydrogen) atoms. The molecule has 2 unspecified atom stereocenters. The van der Waals surface area contributed by atoms with Gasteiger partial charge < -0.3 is 10.6 Å². The third-order valence-electron chi connectivity index (χ3n) is 3.93. The van der Waals surface area contributed by atoms with Crippen molar-refractivity contribution in [2.45, 2.75) is 43.8 Å². The van der Waals surface area contributed by atoms with Gasteiger partial charge in [-0.15, -0.1) is 12.4 Å². The lowest BCUT2D eigenvalue weighted by molar-refractivity contribution is 0.0923. The number of nitrogens with one attached hydrogen (secondary N) is 2. The van der Waals surface area contributed by atoms with Gasteiger partial charge in [-0.2, -0.15) is 0 Å². The van der Waals surface area contributed by atoms with Crippen LogP contribution in [-0.2, 0) is 0 Å². The van der Waals surface area contributed by atoms with Crippen molar-refractivity contribution in [1.29, 1.82) is 0 Å². The standard InChI is InChI=1S/C14H16BrFN2O.ClH/c15-9-3-8(4-10(16)5-9)14(19)18-13-6-11-1-2-12(7-13)17-11;/h3-5,11-13,17H,1-2,6-7H2,(H,18,19);1H. The lowest BCUT2D eigenvalue weighted by Crippen LogP contribution is -2.48. The molecule has 1 aromatic carbocycles. The van der Waals surface area contributed by atoms with E-state index in [-0.39, 0.29) is 24.4 Å². The molecule has 0 spiro atoms.